The van der Waals surface area contributed by atoms with E-state index in [1.54, 1.807) is 0 Å². The van der Waals surface area contributed by atoms with E-state index in [0.29, 0.717) is 18.4 Å². The number of nitrogens with one attached hydrogen (secondary N) is 3. The lowest BCUT2D eigenvalue weighted by atomic mass is 10.3. The molecule has 0 radical (unpaired) electrons. The van der Waals surface area contributed by atoms with E-state index < -0.39 is 0 Å². The molecule has 6 heteroatoms. The van der Waals surface area contributed by atoms with Crippen LogP contribution in [0, 0.1) is 0 Å². The summed E-state index contributed by atoms with van der Waals surface area (Å²) in [5, 5.41) is 5.17. The molecule has 0 spiro atoms. The van der Waals surface area contributed by atoms with Crippen LogP contribution >= 0.6 is 11.6 Å². The molecule has 84 valence electrons. The summed E-state index contributed by atoms with van der Waals surface area (Å²) in [7, 11) is 0. The molecule has 0 saturated carbocycles. The highest BCUT2D eigenvalue weighted by atomic mass is 35.5. The fourth-order valence-electron chi connectivity index (χ4n) is 1.32. The smallest absolute Gasteiger partial charge is 0.321 e. The van der Waals surface area contributed by atoms with Crippen molar-refractivity contribution in [2.75, 3.05) is 17.7 Å². The number of amides is 2. The number of fused-ring (bicyclic) bond motifs is 1. The van der Waals surface area contributed by atoms with Gasteiger partial charge in [0.25, 0.3) is 0 Å². The number of urea groups is 1. The Balaban J connectivity index is 2.07. The van der Waals surface area contributed by atoms with Crippen LogP contribution in [0.3, 0.4) is 0 Å². The number of imidazole rings is 1. The highest BCUT2D eigenvalue weighted by molar-refractivity contribution is 6.18. The van der Waals surface area contributed by atoms with Gasteiger partial charge in [0.1, 0.15) is 0 Å². The van der Waals surface area contributed by atoms with Crippen LogP contribution < -0.4 is 10.6 Å². The minimum atomic E-state index is -0.320. The van der Waals surface area contributed by atoms with Gasteiger partial charge in [0.2, 0.25) is 5.95 Å². The number of anilines is 1. The number of halogens is 1. The second-order valence-electron chi connectivity index (χ2n) is 3.17. The number of benzene rings is 1. The Kier molecular flexibility index (Phi) is 3.26. The molecule has 2 aromatic rings. The normalized spacial score (nSPS) is 10.3. The highest BCUT2D eigenvalue weighted by Gasteiger charge is 2.04. The minimum Gasteiger partial charge on any atom is -0.337 e. The third-order valence-electron chi connectivity index (χ3n) is 2.00. The van der Waals surface area contributed by atoms with Crippen molar-refractivity contribution < 1.29 is 4.79 Å². The third-order valence-corrected chi connectivity index (χ3v) is 2.19. The molecular formula is C10H11ClN4O. The summed E-state index contributed by atoms with van der Waals surface area (Å²) in [6, 6.07) is 7.23. The molecule has 1 aromatic carbocycles. The van der Waals surface area contributed by atoms with Crippen LogP contribution in [0.2, 0.25) is 0 Å². The lowest BCUT2D eigenvalue weighted by molar-refractivity contribution is 0.252. The first-order valence-electron chi connectivity index (χ1n) is 4.85. The molecule has 1 heterocycles. The molecular weight excluding hydrogens is 228 g/mol. The highest BCUT2D eigenvalue weighted by Crippen LogP contribution is 2.12. The maximum Gasteiger partial charge on any atom is 0.321 e. The number of carbonyl (C=O) groups is 1. The van der Waals surface area contributed by atoms with E-state index in [2.05, 4.69) is 20.6 Å². The summed E-state index contributed by atoms with van der Waals surface area (Å²) in [6.07, 6.45) is 0. The molecule has 16 heavy (non-hydrogen) atoms. The van der Waals surface area contributed by atoms with Gasteiger partial charge in [-0.25, -0.2) is 9.78 Å². The van der Waals surface area contributed by atoms with E-state index >= 15 is 0 Å². The average molecular weight is 239 g/mol. The van der Waals surface area contributed by atoms with Crippen molar-refractivity contribution in [1.82, 2.24) is 15.3 Å². The van der Waals surface area contributed by atoms with Gasteiger partial charge in [0, 0.05) is 12.4 Å². The number of hydrogen-bond acceptors (Lipinski definition) is 2. The van der Waals surface area contributed by atoms with Crippen LogP contribution in [-0.4, -0.2) is 28.4 Å². The molecule has 2 amide bonds. The van der Waals surface area contributed by atoms with Crippen molar-refractivity contribution >= 4 is 34.6 Å². The predicted octanol–water partition coefficient (Wildman–Crippen LogP) is 1.92. The Morgan fingerprint density at radius 1 is 1.44 bits per heavy atom. The minimum absolute atomic E-state index is 0.320. The molecule has 0 atom stereocenters. The van der Waals surface area contributed by atoms with Gasteiger partial charge < -0.3 is 10.3 Å². The lowest BCUT2D eigenvalue weighted by Crippen LogP contribution is -2.30. The van der Waals surface area contributed by atoms with Crippen molar-refractivity contribution in [3.05, 3.63) is 24.3 Å². The van der Waals surface area contributed by atoms with Gasteiger partial charge in [-0.2, -0.15) is 0 Å². The zero-order chi connectivity index (χ0) is 11.4. The Bertz CT molecular complexity index is 463. The Morgan fingerprint density at radius 2 is 2.25 bits per heavy atom. The maximum atomic E-state index is 11.3. The predicted molar refractivity (Wildman–Crippen MR) is 63.8 cm³/mol. The number of rotatable bonds is 3. The van der Waals surface area contributed by atoms with Gasteiger partial charge in [-0.3, -0.25) is 5.32 Å². The zero-order valence-electron chi connectivity index (χ0n) is 8.46. The van der Waals surface area contributed by atoms with Gasteiger partial charge in [-0.1, -0.05) is 12.1 Å². The van der Waals surface area contributed by atoms with Gasteiger partial charge in [-0.15, -0.1) is 11.6 Å². The molecule has 0 unspecified atom stereocenters. The molecule has 3 N–H and O–H groups in total. The Hall–Kier alpha value is -1.75. The van der Waals surface area contributed by atoms with E-state index in [0.717, 1.165) is 11.0 Å². The number of alkyl halides is 1. The molecule has 0 saturated heterocycles. The third kappa shape index (κ3) is 2.43. The first kappa shape index (κ1) is 10.8. The van der Waals surface area contributed by atoms with Crippen molar-refractivity contribution in [1.29, 1.82) is 0 Å². The first-order valence-corrected chi connectivity index (χ1v) is 5.38. The number of hydrogen-bond donors (Lipinski definition) is 3. The van der Waals surface area contributed by atoms with Crippen LogP contribution in [0.4, 0.5) is 10.7 Å². The van der Waals surface area contributed by atoms with Gasteiger partial charge in [-0.05, 0) is 12.1 Å². The summed E-state index contributed by atoms with van der Waals surface area (Å²) in [5.74, 6) is 0.807. The van der Waals surface area contributed by atoms with E-state index in [1.807, 2.05) is 24.3 Å². The average Bonchev–Trinajstić information content (AvgIpc) is 2.68. The van der Waals surface area contributed by atoms with Crippen LogP contribution in [0.1, 0.15) is 0 Å². The summed E-state index contributed by atoms with van der Waals surface area (Å²) < 4.78 is 0. The fraction of sp³-hybridized carbons (Fsp3) is 0.200. The van der Waals surface area contributed by atoms with E-state index in [4.69, 9.17) is 11.6 Å². The van der Waals surface area contributed by atoms with E-state index in [9.17, 15) is 4.79 Å². The van der Waals surface area contributed by atoms with Crippen molar-refractivity contribution in [3.8, 4) is 0 Å². The fourth-order valence-corrected chi connectivity index (χ4v) is 1.42. The Labute approximate surface area is 97.2 Å². The van der Waals surface area contributed by atoms with Gasteiger partial charge >= 0.3 is 6.03 Å². The molecule has 0 bridgehead atoms. The SMILES string of the molecule is O=C(NCCCl)Nc1nc2ccccc2[nH]1. The second-order valence-corrected chi connectivity index (χ2v) is 3.55. The van der Waals surface area contributed by atoms with E-state index in [1.165, 1.54) is 0 Å². The standard InChI is InChI=1S/C10H11ClN4O/c11-5-6-12-10(16)15-9-13-7-3-1-2-4-8(7)14-9/h1-4H,5-6H2,(H3,12,13,14,15,16). The number of nitrogens with zero attached hydrogens (tertiary/aromatic N) is 1. The molecule has 0 aliphatic heterocycles. The van der Waals surface area contributed by atoms with Crippen LogP contribution in [0.25, 0.3) is 11.0 Å². The Morgan fingerprint density at radius 3 is 3.00 bits per heavy atom. The lowest BCUT2D eigenvalue weighted by Gasteiger charge is -2.02. The number of aromatic amines is 1. The van der Waals surface area contributed by atoms with E-state index in [-0.39, 0.29) is 6.03 Å². The van der Waals surface area contributed by atoms with Crippen molar-refractivity contribution in [2.45, 2.75) is 0 Å². The molecule has 0 aliphatic carbocycles. The second kappa shape index (κ2) is 4.85. The summed E-state index contributed by atoms with van der Waals surface area (Å²) in [5.41, 5.74) is 1.70. The summed E-state index contributed by atoms with van der Waals surface area (Å²) >= 11 is 5.45. The number of para-hydroxylation sites is 2. The maximum absolute atomic E-state index is 11.3. The molecule has 2 rings (SSSR count). The number of aromatic nitrogens is 2. The molecule has 0 aliphatic rings. The van der Waals surface area contributed by atoms with Gasteiger partial charge in [0.15, 0.2) is 0 Å². The van der Waals surface area contributed by atoms with Gasteiger partial charge in [0.05, 0.1) is 11.0 Å². The van der Waals surface area contributed by atoms with Crippen molar-refractivity contribution in [3.63, 3.8) is 0 Å². The number of carbonyl (C=O) groups excluding carboxylic acids is 1. The van der Waals surface area contributed by atoms with Crippen molar-refractivity contribution in [2.24, 2.45) is 0 Å². The molecule has 5 nitrogen and oxygen atoms in total. The topological polar surface area (TPSA) is 69.8 Å². The molecule has 0 fully saturated rings. The largest absolute Gasteiger partial charge is 0.337 e. The monoisotopic (exact) mass is 238 g/mol. The summed E-state index contributed by atoms with van der Waals surface area (Å²) in [6.45, 7) is 0.424. The molecule has 1 aromatic heterocycles. The van der Waals surface area contributed by atoms with Crippen LogP contribution in [-0.2, 0) is 0 Å². The van der Waals surface area contributed by atoms with Crippen LogP contribution in [0.5, 0.6) is 0 Å². The number of H-pyrrole nitrogens is 1. The summed E-state index contributed by atoms with van der Waals surface area (Å²) in [4.78, 5) is 18.5. The first-order chi connectivity index (χ1) is 7.79. The quantitative estimate of drug-likeness (QED) is 0.715. The zero-order valence-corrected chi connectivity index (χ0v) is 9.21. The van der Waals surface area contributed by atoms with Crippen LogP contribution in [0.15, 0.2) is 24.3 Å².